The molecule has 1 aromatic carbocycles. The number of carbonyl (C=O) groups excluding carboxylic acids is 2. The summed E-state index contributed by atoms with van der Waals surface area (Å²) in [4.78, 5) is 31.4. The number of rotatable bonds is 8. The van der Waals surface area contributed by atoms with Gasteiger partial charge in [-0.05, 0) is 57.7 Å². The zero-order valence-electron chi connectivity index (χ0n) is 24.5. The number of imidazole rings is 1. The molecule has 0 radical (unpaired) electrons. The number of piperidine rings is 1. The molecule has 2 amide bonds. The second-order valence-corrected chi connectivity index (χ2v) is 12.6. The first kappa shape index (κ1) is 31.2. The minimum absolute atomic E-state index is 0.0599. The van der Waals surface area contributed by atoms with Crippen molar-refractivity contribution >= 4 is 29.0 Å². The third kappa shape index (κ3) is 7.26. The minimum atomic E-state index is -4.54. The molecule has 13 heteroatoms. The van der Waals surface area contributed by atoms with Crippen LogP contribution in [0.5, 0.6) is 11.5 Å². The Balaban J connectivity index is 1.28. The van der Waals surface area contributed by atoms with Gasteiger partial charge in [0.05, 0.1) is 35.1 Å². The van der Waals surface area contributed by atoms with Crippen molar-refractivity contribution in [2.75, 3.05) is 19.7 Å². The number of hydrogen-bond acceptors (Lipinski definition) is 7. The van der Waals surface area contributed by atoms with Gasteiger partial charge in [0.1, 0.15) is 34.2 Å². The number of alkyl halides is 3. The molecule has 0 saturated carbocycles. The van der Waals surface area contributed by atoms with Gasteiger partial charge in [0.2, 0.25) is 0 Å². The molecule has 2 N–H and O–H groups in total. The monoisotopic (exact) mass is 630 g/mol. The van der Waals surface area contributed by atoms with Crippen LogP contribution in [0.25, 0.3) is 16.2 Å². The summed E-state index contributed by atoms with van der Waals surface area (Å²) in [6.07, 6.45) is 0.156. The lowest BCUT2D eigenvalue weighted by Gasteiger charge is -2.33. The number of ether oxygens (including phenoxy) is 3. The number of amides is 2. The SMILES string of the molecule is CC(C)(C)OC(=O)N1CCC(COc2ccc3ncc(-c4cc(OCc5ccccc5C(F)(F)F)c(C(N)=O)s4)n3c2)CC1. The van der Waals surface area contributed by atoms with Crippen molar-refractivity contribution < 1.29 is 37.0 Å². The predicted molar refractivity (Wildman–Crippen MR) is 159 cm³/mol. The Bertz CT molecular complexity index is 1650. The number of hydrogen-bond donors (Lipinski definition) is 1. The van der Waals surface area contributed by atoms with E-state index in [4.69, 9.17) is 19.9 Å². The summed E-state index contributed by atoms with van der Waals surface area (Å²) in [5.74, 6) is 0.216. The largest absolute Gasteiger partial charge is 0.492 e. The molecular formula is C31H33F3N4O5S. The first-order chi connectivity index (χ1) is 20.8. The number of nitrogens with zero attached hydrogens (tertiary/aromatic N) is 3. The van der Waals surface area contributed by atoms with Crippen LogP contribution in [0.2, 0.25) is 0 Å². The molecule has 4 aromatic rings. The molecule has 1 fully saturated rings. The molecule has 0 unspecified atom stereocenters. The number of aromatic nitrogens is 2. The Morgan fingerprint density at radius 3 is 2.48 bits per heavy atom. The fourth-order valence-electron chi connectivity index (χ4n) is 4.91. The van der Waals surface area contributed by atoms with Crippen LogP contribution < -0.4 is 15.2 Å². The number of nitrogens with two attached hydrogens (primary N) is 1. The topological polar surface area (TPSA) is 108 Å². The van der Waals surface area contributed by atoms with Crippen LogP contribution in [-0.4, -0.2) is 51.6 Å². The van der Waals surface area contributed by atoms with Crippen LogP contribution in [0.4, 0.5) is 18.0 Å². The average Bonchev–Trinajstić information content (AvgIpc) is 3.58. The van der Waals surface area contributed by atoms with E-state index in [1.54, 1.807) is 33.8 Å². The van der Waals surface area contributed by atoms with E-state index < -0.39 is 29.9 Å². The van der Waals surface area contributed by atoms with Crippen molar-refractivity contribution in [1.29, 1.82) is 0 Å². The highest BCUT2D eigenvalue weighted by atomic mass is 32.1. The first-order valence-electron chi connectivity index (χ1n) is 14.1. The van der Waals surface area contributed by atoms with E-state index in [2.05, 4.69) is 4.98 Å². The molecule has 5 rings (SSSR count). The van der Waals surface area contributed by atoms with E-state index in [0.717, 1.165) is 30.2 Å². The molecule has 0 bridgehead atoms. The number of carbonyl (C=O) groups is 2. The minimum Gasteiger partial charge on any atom is -0.492 e. The van der Waals surface area contributed by atoms with Gasteiger partial charge in [-0.2, -0.15) is 13.2 Å². The maximum Gasteiger partial charge on any atom is 0.416 e. The third-order valence-corrected chi connectivity index (χ3v) is 8.26. The fraction of sp³-hybridized carbons (Fsp3) is 0.387. The summed E-state index contributed by atoms with van der Waals surface area (Å²) in [5.41, 5.74) is 5.45. The second-order valence-electron chi connectivity index (χ2n) is 11.6. The molecule has 44 heavy (non-hydrogen) atoms. The zero-order chi connectivity index (χ0) is 31.6. The molecule has 1 saturated heterocycles. The maximum absolute atomic E-state index is 13.4. The van der Waals surface area contributed by atoms with Gasteiger partial charge in [0.25, 0.3) is 5.91 Å². The second kappa shape index (κ2) is 12.4. The molecule has 0 spiro atoms. The number of halogens is 3. The highest BCUT2D eigenvalue weighted by molar-refractivity contribution is 7.17. The molecule has 0 atom stereocenters. The Hall–Kier alpha value is -4.26. The van der Waals surface area contributed by atoms with E-state index in [1.807, 2.05) is 26.8 Å². The summed E-state index contributed by atoms with van der Waals surface area (Å²) in [7, 11) is 0. The quantitative estimate of drug-likeness (QED) is 0.230. The van der Waals surface area contributed by atoms with Gasteiger partial charge >= 0.3 is 12.3 Å². The van der Waals surface area contributed by atoms with E-state index in [-0.39, 0.29) is 28.2 Å². The predicted octanol–water partition coefficient (Wildman–Crippen LogP) is 6.79. The fourth-order valence-corrected chi connectivity index (χ4v) is 5.87. The standard InChI is InChI=1S/C31H33F3N4O5S/c1-30(2,3)43-29(40)37-12-10-19(11-13-37)17-41-21-8-9-26-36-15-23(38(26)16-21)25-14-24(27(44-25)28(35)39)42-18-20-6-4-5-7-22(20)31(32,33)34/h4-9,14-16,19H,10-13,17-18H2,1-3H3,(H2,35,39). The normalized spacial score (nSPS) is 14.5. The van der Waals surface area contributed by atoms with Gasteiger partial charge in [-0.3, -0.25) is 9.20 Å². The smallest absolute Gasteiger partial charge is 0.416 e. The summed E-state index contributed by atoms with van der Waals surface area (Å²) >= 11 is 1.07. The van der Waals surface area contributed by atoms with Gasteiger partial charge in [-0.1, -0.05) is 18.2 Å². The van der Waals surface area contributed by atoms with E-state index in [0.29, 0.717) is 41.7 Å². The van der Waals surface area contributed by atoms with Crippen LogP contribution in [0.1, 0.15) is 54.4 Å². The highest BCUT2D eigenvalue weighted by Crippen LogP contribution is 2.38. The van der Waals surface area contributed by atoms with Gasteiger partial charge in [0, 0.05) is 24.7 Å². The lowest BCUT2D eigenvalue weighted by atomic mass is 9.98. The van der Waals surface area contributed by atoms with Crippen molar-refractivity contribution in [3.8, 4) is 22.1 Å². The summed E-state index contributed by atoms with van der Waals surface area (Å²) in [5, 5.41) is 0. The lowest BCUT2D eigenvalue weighted by Crippen LogP contribution is -2.42. The molecule has 1 aliphatic heterocycles. The molecular weight excluding hydrogens is 597 g/mol. The van der Waals surface area contributed by atoms with E-state index in [9.17, 15) is 22.8 Å². The molecule has 4 heterocycles. The molecule has 1 aliphatic rings. The molecule has 0 aliphatic carbocycles. The van der Waals surface area contributed by atoms with Crippen LogP contribution >= 0.6 is 11.3 Å². The van der Waals surface area contributed by atoms with Crippen LogP contribution in [-0.2, 0) is 17.5 Å². The summed E-state index contributed by atoms with van der Waals surface area (Å²) in [6, 6.07) is 10.3. The van der Waals surface area contributed by atoms with E-state index in [1.165, 1.54) is 18.2 Å². The van der Waals surface area contributed by atoms with Crippen LogP contribution in [0.3, 0.4) is 0 Å². The van der Waals surface area contributed by atoms with Crippen LogP contribution in [0, 0.1) is 5.92 Å². The number of primary amides is 1. The highest BCUT2D eigenvalue weighted by Gasteiger charge is 2.33. The van der Waals surface area contributed by atoms with Gasteiger partial charge in [0.15, 0.2) is 0 Å². The Labute approximate surface area is 256 Å². The molecule has 3 aromatic heterocycles. The van der Waals surface area contributed by atoms with E-state index >= 15 is 0 Å². The average molecular weight is 631 g/mol. The first-order valence-corrected chi connectivity index (χ1v) is 14.9. The van der Waals surface area contributed by atoms with Crippen molar-refractivity contribution in [3.63, 3.8) is 0 Å². The molecule has 234 valence electrons. The van der Waals surface area contributed by atoms with Crippen molar-refractivity contribution in [1.82, 2.24) is 14.3 Å². The van der Waals surface area contributed by atoms with Crippen molar-refractivity contribution in [3.05, 3.63) is 70.9 Å². The lowest BCUT2D eigenvalue weighted by molar-refractivity contribution is -0.138. The molecule has 9 nitrogen and oxygen atoms in total. The number of likely N-dealkylation sites (tertiary alicyclic amines) is 1. The Kier molecular flexibility index (Phi) is 8.78. The Morgan fingerprint density at radius 1 is 1.07 bits per heavy atom. The number of pyridine rings is 1. The zero-order valence-corrected chi connectivity index (χ0v) is 25.3. The van der Waals surface area contributed by atoms with Crippen molar-refractivity contribution in [2.45, 2.75) is 52.0 Å². The van der Waals surface area contributed by atoms with Gasteiger partial charge < -0.3 is 24.8 Å². The van der Waals surface area contributed by atoms with Gasteiger partial charge in [-0.15, -0.1) is 11.3 Å². The number of fused-ring (bicyclic) bond motifs is 1. The Morgan fingerprint density at radius 2 is 1.80 bits per heavy atom. The number of benzene rings is 1. The number of thiophene rings is 1. The van der Waals surface area contributed by atoms with Crippen LogP contribution in [0.15, 0.2) is 54.9 Å². The maximum atomic E-state index is 13.4. The van der Waals surface area contributed by atoms with Crippen molar-refractivity contribution in [2.24, 2.45) is 11.7 Å². The third-order valence-electron chi connectivity index (χ3n) is 7.11. The van der Waals surface area contributed by atoms with Gasteiger partial charge in [-0.25, -0.2) is 9.78 Å². The summed E-state index contributed by atoms with van der Waals surface area (Å²) in [6.45, 7) is 6.81. The summed E-state index contributed by atoms with van der Waals surface area (Å²) < 4.78 is 59.4.